The van der Waals surface area contributed by atoms with Crippen LogP contribution in [0, 0.1) is 0 Å². The molecule has 0 fully saturated rings. The molecule has 0 unspecified atom stereocenters. The topological polar surface area (TPSA) is 38.1 Å². The smallest absolute Gasteiger partial charge is 0.253 e. The van der Waals surface area contributed by atoms with Gasteiger partial charge in [-0.1, -0.05) is 13.8 Å². The Morgan fingerprint density at radius 2 is 1.90 bits per heavy atom. The summed E-state index contributed by atoms with van der Waals surface area (Å²) in [5, 5.41) is 0. The van der Waals surface area contributed by atoms with Crippen LogP contribution in [0.15, 0.2) is 24.5 Å². The Bertz CT molecular complexity index is 610. The maximum atomic E-state index is 12.6. The van der Waals surface area contributed by atoms with Crippen LogP contribution in [0.25, 0.3) is 11.0 Å². The molecule has 0 radical (unpaired) electrons. The molecule has 0 aliphatic rings. The number of hydrogen-bond acceptors (Lipinski definition) is 2. The van der Waals surface area contributed by atoms with Crippen LogP contribution in [-0.4, -0.2) is 33.4 Å². The number of rotatable bonds is 6. The Hall–Kier alpha value is -1.84. The summed E-state index contributed by atoms with van der Waals surface area (Å²) in [6, 6.07) is 6.21. The molecule has 0 saturated heterocycles. The van der Waals surface area contributed by atoms with Crippen molar-refractivity contribution in [3.8, 4) is 0 Å². The summed E-state index contributed by atoms with van der Waals surface area (Å²) in [5.74, 6) is 0.111. The van der Waals surface area contributed by atoms with E-state index >= 15 is 0 Å². The zero-order valence-corrected chi connectivity index (χ0v) is 13.5. The van der Waals surface area contributed by atoms with E-state index in [9.17, 15) is 4.79 Å². The van der Waals surface area contributed by atoms with Crippen molar-refractivity contribution in [2.45, 2.75) is 46.6 Å². The maximum Gasteiger partial charge on any atom is 0.253 e. The van der Waals surface area contributed by atoms with Gasteiger partial charge in [0.1, 0.15) is 0 Å². The molecule has 0 saturated carbocycles. The molecule has 1 amide bonds. The third-order valence-corrected chi connectivity index (χ3v) is 3.65. The first-order valence-electron chi connectivity index (χ1n) is 7.84. The van der Waals surface area contributed by atoms with Crippen LogP contribution < -0.4 is 0 Å². The van der Waals surface area contributed by atoms with E-state index in [1.807, 2.05) is 29.4 Å². The van der Waals surface area contributed by atoms with Gasteiger partial charge in [-0.3, -0.25) is 4.79 Å². The minimum atomic E-state index is 0.111. The molecule has 21 heavy (non-hydrogen) atoms. The second-order valence-electron chi connectivity index (χ2n) is 5.74. The molecule has 2 aromatic rings. The Balaban J connectivity index is 2.31. The second-order valence-corrected chi connectivity index (χ2v) is 5.74. The first kappa shape index (κ1) is 15.5. The monoisotopic (exact) mass is 287 g/mol. The number of fused-ring (bicyclic) bond motifs is 1. The van der Waals surface area contributed by atoms with Gasteiger partial charge in [-0.2, -0.15) is 0 Å². The lowest BCUT2D eigenvalue weighted by Crippen LogP contribution is -2.32. The fourth-order valence-corrected chi connectivity index (χ4v) is 2.61. The molecule has 2 rings (SSSR count). The SMILES string of the molecule is CCCN(CCC)C(=O)c1ccc2c(c1)ncn2C(C)C. The highest BCUT2D eigenvalue weighted by molar-refractivity contribution is 5.97. The zero-order valence-electron chi connectivity index (χ0n) is 13.5. The Labute approximate surface area is 126 Å². The largest absolute Gasteiger partial charge is 0.339 e. The molecule has 0 aliphatic carbocycles. The highest BCUT2D eigenvalue weighted by atomic mass is 16.2. The Morgan fingerprint density at radius 3 is 2.48 bits per heavy atom. The van der Waals surface area contributed by atoms with Crippen LogP contribution in [0.2, 0.25) is 0 Å². The molecular weight excluding hydrogens is 262 g/mol. The molecule has 0 N–H and O–H groups in total. The summed E-state index contributed by atoms with van der Waals surface area (Å²) in [6.07, 6.45) is 3.81. The maximum absolute atomic E-state index is 12.6. The molecular formula is C17H25N3O. The summed E-state index contributed by atoms with van der Waals surface area (Å²) >= 11 is 0. The first-order valence-corrected chi connectivity index (χ1v) is 7.84. The quantitative estimate of drug-likeness (QED) is 0.808. The standard InChI is InChI=1S/C17H25N3O/c1-5-9-19(10-6-2)17(21)14-7-8-16-15(11-14)18-12-20(16)13(3)4/h7-8,11-13H,5-6,9-10H2,1-4H3. The van der Waals surface area contributed by atoms with Gasteiger partial charge in [0, 0.05) is 24.7 Å². The first-order chi connectivity index (χ1) is 10.1. The van der Waals surface area contributed by atoms with E-state index in [0.717, 1.165) is 42.5 Å². The number of carbonyl (C=O) groups is 1. The molecule has 114 valence electrons. The van der Waals surface area contributed by atoms with E-state index in [0.29, 0.717) is 6.04 Å². The molecule has 1 heterocycles. The average Bonchev–Trinajstić information content (AvgIpc) is 2.89. The number of amides is 1. The van der Waals surface area contributed by atoms with Crippen molar-refractivity contribution in [1.82, 2.24) is 14.5 Å². The summed E-state index contributed by atoms with van der Waals surface area (Å²) < 4.78 is 2.12. The molecule has 0 aliphatic heterocycles. The van der Waals surface area contributed by atoms with Crippen LogP contribution in [-0.2, 0) is 0 Å². The van der Waals surface area contributed by atoms with Gasteiger partial charge in [0.2, 0.25) is 0 Å². The molecule has 1 aromatic carbocycles. The third kappa shape index (κ3) is 3.26. The molecule has 1 aromatic heterocycles. The number of nitrogens with zero attached hydrogens (tertiary/aromatic N) is 3. The van der Waals surface area contributed by atoms with E-state index < -0.39 is 0 Å². The normalized spacial score (nSPS) is 11.3. The molecule has 4 heteroatoms. The highest BCUT2D eigenvalue weighted by Crippen LogP contribution is 2.19. The zero-order chi connectivity index (χ0) is 15.4. The van der Waals surface area contributed by atoms with E-state index in [4.69, 9.17) is 0 Å². The summed E-state index contributed by atoms with van der Waals surface area (Å²) in [5.41, 5.74) is 2.71. The van der Waals surface area contributed by atoms with Crippen molar-refractivity contribution < 1.29 is 4.79 Å². The second kappa shape index (κ2) is 6.74. The average molecular weight is 287 g/mol. The van der Waals surface area contributed by atoms with Crippen LogP contribution in [0.1, 0.15) is 56.9 Å². The molecule has 0 spiro atoms. The van der Waals surface area contributed by atoms with Crippen molar-refractivity contribution in [1.29, 1.82) is 0 Å². The summed E-state index contributed by atoms with van der Waals surface area (Å²) in [4.78, 5) is 19.0. The lowest BCUT2D eigenvalue weighted by atomic mass is 10.1. The summed E-state index contributed by atoms with van der Waals surface area (Å²) in [7, 11) is 0. The highest BCUT2D eigenvalue weighted by Gasteiger charge is 2.15. The van der Waals surface area contributed by atoms with Crippen LogP contribution in [0.4, 0.5) is 0 Å². The Kier molecular flexibility index (Phi) is 4.99. The Morgan fingerprint density at radius 1 is 1.24 bits per heavy atom. The van der Waals surface area contributed by atoms with E-state index in [-0.39, 0.29) is 5.91 Å². The number of carbonyl (C=O) groups excluding carboxylic acids is 1. The van der Waals surface area contributed by atoms with Crippen molar-refractivity contribution >= 4 is 16.9 Å². The summed E-state index contributed by atoms with van der Waals surface area (Å²) in [6.45, 7) is 10.1. The van der Waals surface area contributed by atoms with Crippen molar-refractivity contribution in [3.05, 3.63) is 30.1 Å². The van der Waals surface area contributed by atoms with Gasteiger partial charge in [-0.15, -0.1) is 0 Å². The van der Waals surface area contributed by atoms with Crippen LogP contribution >= 0.6 is 0 Å². The van der Waals surface area contributed by atoms with Gasteiger partial charge in [0.15, 0.2) is 0 Å². The van der Waals surface area contributed by atoms with Crippen molar-refractivity contribution in [3.63, 3.8) is 0 Å². The van der Waals surface area contributed by atoms with Crippen molar-refractivity contribution in [2.75, 3.05) is 13.1 Å². The molecule has 0 atom stereocenters. The predicted molar refractivity (Wildman–Crippen MR) is 86.6 cm³/mol. The fraction of sp³-hybridized carbons (Fsp3) is 0.529. The molecule has 4 nitrogen and oxygen atoms in total. The van der Waals surface area contributed by atoms with Crippen molar-refractivity contribution in [2.24, 2.45) is 0 Å². The van der Waals surface area contributed by atoms with E-state index in [1.54, 1.807) is 0 Å². The van der Waals surface area contributed by atoms with Gasteiger partial charge in [-0.05, 0) is 44.9 Å². The predicted octanol–water partition coefficient (Wildman–Crippen LogP) is 3.88. The number of aromatic nitrogens is 2. The van der Waals surface area contributed by atoms with Gasteiger partial charge in [0.25, 0.3) is 5.91 Å². The lowest BCUT2D eigenvalue weighted by molar-refractivity contribution is 0.0755. The van der Waals surface area contributed by atoms with Gasteiger partial charge in [-0.25, -0.2) is 4.98 Å². The number of benzene rings is 1. The third-order valence-electron chi connectivity index (χ3n) is 3.65. The minimum absolute atomic E-state index is 0.111. The lowest BCUT2D eigenvalue weighted by Gasteiger charge is -2.21. The van der Waals surface area contributed by atoms with Gasteiger partial charge >= 0.3 is 0 Å². The fourth-order valence-electron chi connectivity index (χ4n) is 2.61. The number of hydrogen-bond donors (Lipinski definition) is 0. The van der Waals surface area contributed by atoms with E-state index in [1.165, 1.54) is 0 Å². The number of imidazole rings is 1. The van der Waals surface area contributed by atoms with Gasteiger partial charge in [0.05, 0.1) is 17.4 Å². The van der Waals surface area contributed by atoms with Crippen LogP contribution in [0.3, 0.4) is 0 Å². The van der Waals surface area contributed by atoms with Gasteiger partial charge < -0.3 is 9.47 Å². The van der Waals surface area contributed by atoms with E-state index in [2.05, 4.69) is 37.2 Å². The van der Waals surface area contributed by atoms with Crippen LogP contribution in [0.5, 0.6) is 0 Å². The molecule has 0 bridgehead atoms. The minimum Gasteiger partial charge on any atom is -0.339 e.